The van der Waals surface area contributed by atoms with E-state index in [-0.39, 0.29) is 0 Å². The average Bonchev–Trinajstić information content (AvgIpc) is 2.75. The molecule has 0 heterocycles. The minimum Gasteiger partial charge on any atom is -0.453 e. The van der Waals surface area contributed by atoms with Gasteiger partial charge < -0.3 is 14.2 Å². The lowest BCUT2D eigenvalue weighted by Crippen LogP contribution is -2.09. The predicted molar refractivity (Wildman–Crippen MR) is 116 cm³/mol. The molecule has 0 saturated carbocycles. The van der Waals surface area contributed by atoms with E-state index in [1.54, 1.807) is 0 Å². The lowest BCUT2D eigenvalue weighted by molar-refractivity contribution is 0.388. The molecule has 0 saturated heterocycles. The van der Waals surface area contributed by atoms with Gasteiger partial charge in [0.2, 0.25) is 5.75 Å². The first-order valence-corrected chi connectivity index (χ1v) is 10.1. The first-order chi connectivity index (χ1) is 13.8. The molecule has 0 aliphatic rings. The Balaban J connectivity index is 1.77. The molecular formula is C24H20O3Si. The third-order valence-electron chi connectivity index (χ3n) is 4.17. The first kappa shape index (κ1) is 17.9. The Morgan fingerprint density at radius 3 is 1.36 bits per heavy atom. The highest BCUT2D eigenvalue weighted by Crippen LogP contribution is 2.42. The third-order valence-corrected chi connectivity index (χ3v) is 4.96. The van der Waals surface area contributed by atoms with Crippen LogP contribution in [0.1, 0.15) is 0 Å². The summed E-state index contributed by atoms with van der Waals surface area (Å²) in [6, 6.07) is 33.0. The van der Waals surface area contributed by atoms with Gasteiger partial charge in [-0.25, -0.2) is 0 Å². The van der Waals surface area contributed by atoms with Crippen LogP contribution >= 0.6 is 0 Å². The van der Waals surface area contributed by atoms with Crippen LogP contribution in [0.15, 0.2) is 103 Å². The van der Waals surface area contributed by atoms with Gasteiger partial charge in [0, 0.05) is 10.2 Å². The number of ether oxygens (including phenoxy) is 3. The topological polar surface area (TPSA) is 27.7 Å². The summed E-state index contributed by atoms with van der Waals surface area (Å²) in [6.45, 7) is 0. The van der Waals surface area contributed by atoms with Gasteiger partial charge in [0.15, 0.2) is 11.5 Å². The molecule has 0 amide bonds. The van der Waals surface area contributed by atoms with E-state index in [0.29, 0.717) is 17.2 Å². The molecule has 0 bridgehead atoms. The number of benzene rings is 4. The molecule has 4 heteroatoms. The molecule has 0 spiro atoms. The van der Waals surface area contributed by atoms with Crippen molar-refractivity contribution in [1.29, 1.82) is 0 Å². The molecule has 4 rings (SSSR count). The van der Waals surface area contributed by atoms with Crippen LogP contribution in [0.2, 0.25) is 0 Å². The summed E-state index contributed by atoms with van der Waals surface area (Å²) in [5, 5.41) is 1.09. The maximum atomic E-state index is 6.24. The summed E-state index contributed by atoms with van der Waals surface area (Å²) in [5.41, 5.74) is 0. The lowest BCUT2D eigenvalue weighted by Gasteiger charge is -2.18. The Labute approximate surface area is 167 Å². The van der Waals surface area contributed by atoms with Gasteiger partial charge in [-0.15, -0.1) is 0 Å². The molecule has 0 aliphatic heterocycles. The minimum atomic E-state index is 0.575. The SMILES string of the molecule is [SiH3]c1ccc(Oc2ccccc2)c(Oc2ccccc2)c1Oc1ccccc1. The highest BCUT2D eigenvalue weighted by molar-refractivity contribution is 6.34. The van der Waals surface area contributed by atoms with E-state index in [9.17, 15) is 0 Å². The summed E-state index contributed by atoms with van der Waals surface area (Å²) < 4.78 is 18.6. The molecule has 0 unspecified atom stereocenters. The normalized spacial score (nSPS) is 10.4. The summed E-state index contributed by atoms with van der Waals surface area (Å²) in [4.78, 5) is 0. The zero-order valence-electron chi connectivity index (χ0n) is 15.5. The van der Waals surface area contributed by atoms with Crippen LogP contribution in [0.25, 0.3) is 0 Å². The fourth-order valence-corrected chi connectivity index (χ4v) is 3.27. The van der Waals surface area contributed by atoms with Gasteiger partial charge in [-0.3, -0.25) is 0 Å². The van der Waals surface area contributed by atoms with Crippen LogP contribution in [0.4, 0.5) is 0 Å². The molecule has 0 radical (unpaired) electrons. The van der Waals surface area contributed by atoms with Crippen molar-refractivity contribution < 1.29 is 14.2 Å². The van der Waals surface area contributed by atoms with Crippen LogP contribution in [0.3, 0.4) is 0 Å². The summed E-state index contributed by atoms with van der Waals surface area (Å²) in [7, 11) is 0.812. The Bertz CT molecular complexity index is 1040. The monoisotopic (exact) mass is 384 g/mol. The molecule has 4 aromatic carbocycles. The van der Waals surface area contributed by atoms with Crippen molar-refractivity contribution in [2.45, 2.75) is 0 Å². The van der Waals surface area contributed by atoms with Crippen molar-refractivity contribution in [2.75, 3.05) is 0 Å². The molecule has 0 aromatic heterocycles. The lowest BCUT2D eigenvalue weighted by atomic mass is 10.2. The van der Waals surface area contributed by atoms with Crippen LogP contribution in [-0.4, -0.2) is 10.2 Å². The zero-order valence-corrected chi connectivity index (χ0v) is 17.5. The van der Waals surface area contributed by atoms with E-state index in [0.717, 1.165) is 32.7 Å². The molecule has 3 nitrogen and oxygen atoms in total. The second kappa shape index (κ2) is 8.46. The van der Waals surface area contributed by atoms with Crippen LogP contribution in [0, 0.1) is 0 Å². The molecular weight excluding hydrogens is 364 g/mol. The second-order valence-electron chi connectivity index (χ2n) is 6.28. The van der Waals surface area contributed by atoms with E-state index in [4.69, 9.17) is 14.2 Å². The maximum Gasteiger partial charge on any atom is 0.212 e. The van der Waals surface area contributed by atoms with Gasteiger partial charge in [0.05, 0.1) is 0 Å². The summed E-state index contributed by atoms with van der Waals surface area (Å²) in [6.07, 6.45) is 0. The largest absolute Gasteiger partial charge is 0.453 e. The highest BCUT2D eigenvalue weighted by Gasteiger charge is 2.18. The van der Waals surface area contributed by atoms with E-state index in [1.165, 1.54) is 0 Å². The van der Waals surface area contributed by atoms with Gasteiger partial charge in [0.25, 0.3) is 0 Å². The Kier molecular flexibility index (Phi) is 5.40. The van der Waals surface area contributed by atoms with Crippen molar-refractivity contribution in [2.24, 2.45) is 0 Å². The maximum absolute atomic E-state index is 6.24. The molecule has 28 heavy (non-hydrogen) atoms. The van der Waals surface area contributed by atoms with Crippen LogP contribution < -0.4 is 19.4 Å². The minimum absolute atomic E-state index is 0.575. The van der Waals surface area contributed by atoms with Crippen LogP contribution in [0.5, 0.6) is 34.5 Å². The second-order valence-corrected chi connectivity index (χ2v) is 7.36. The van der Waals surface area contributed by atoms with Crippen molar-refractivity contribution in [1.82, 2.24) is 0 Å². The molecule has 0 fully saturated rings. The third kappa shape index (κ3) is 4.24. The van der Waals surface area contributed by atoms with Crippen molar-refractivity contribution >= 4 is 15.4 Å². The Morgan fingerprint density at radius 1 is 0.429 bits per heavy atom. The molecule has 0 aliphatic carbocycles. The highest BCUT2D eigenvalue weighted by atomic mass is 28.1. The smallest absolute Gasteiger partial charge is 0.212 e. The number of para-hydroxylation sites is 3. The number of hydrogen-bond acceptors (Lipinski definition) is 3. The van der Waals surface area contributed by atoms with Crippen molar-refractivity contribution in [3.63, 3.8) is 0 Å². The fraction of sp³-hybridized carbons (Fsp3) is 0. The van der Waals surface area contributed by atoms with Gasteiger partial charge in [0.1, 0.15) is 17.2 Å². The fourth-order valence-electron chi connectivity index (χ4n) is 2.78. The Morgan fingerprint density at radius 2 is 0.857 bits per heavy atom. The zero-order chi connectivity index (χ0) is 19.2. The Hall–Kier alpha value is -3.50. The van der Waals surface area contributed by atoms with E-state index >= 15 is 0 Å². The predicted octanol–water partition coefficient (Wildman–Crippen LogP) is 5.05. The number of hydrogen-bond donors (Lipinski definition) is 0. The molecule has 0 atom stereocenters. The standard InChI is InChI=1S/C24H20O3Si/c28-22-17-16-21(25-18-10-4-1-5-11-18)23(26-19-12-6-2-7-13-19)24(22)27-20-14-8-3-9-15-20/h1-17H,28H3. The molecule has 0 N–H and O–H groups in total. The van der Waals surface area contributed by atoms with Gasteiger partial charge >= 0.3 is 0 Å². The van der Waals surface area contributed by atoms with E-state index in [2.05, 4.69) is 0 Å². The van der Waals surface area contributed by atoms with Crippen LogP contribution in [-0.2, 0) is 0 Å². The first-order valence-electron chi connectivity index (χ1n) is 9.12. The molecule has 138 valence electrons. The van der Waals surface area contributed by atoms with Crippen molar-refractivity contribution in [3.8, 4) is 34.5 Å². The summed E-state index contributed by atoms with van der Waals surface area (Å²) in [5.74, 6) is 4.11. The van der Waals surface area contributed by atoms with E-state index < -0.39 is 0 Å². The van der Waals surface area contributed by atoms with Crippen molar-refractivity contribution in [3.05, 3.63) is 103 Å². The van der Waals surface area contributed by atoms with E-state index in [1.807, 2.05) is 103 Å². The van der Waals surface area contributed by atoms with Gasteiger partial charge in [-0.05, 0) is 47.7 Å². The number of rotatable bonds is 6. The summed E-state index contributed by atoms with van der Waals surface area (Å²) >= 11 is 0. The quantitative estimate of drug-likeness (QED) is 0.435. The van der Waals surface area contributed by atoms with Gasteiger partial charge in [-0.2, -0.15) is 0 Å². The molecule has 4 aromatic rings. The van der Waals surface area contributed by atoms with Gasteiger partial charge in [-0.1, -0.05) is 60.7 Å². The average molecular weight is 385 g/mol.